The average Bonchev–Trinajstić information content (AvgIpc) is 2.48. The minimum atomic E-state index is 0.0668. The van der Waals surface area contributed by atoms with Gasteiger partial charge < -0.3 is 10.2 Å². The van der Waals surface area contributed by atoms with Crippen LogP contribution in [0.15, 0.2) is 24.3 Å². The van der Waals surface area contributed by atoms with Gasteiger partial charge in [-0.1, -0.05) is 37.0 Å². The van der Waals surface area contributed by atoms with Crippen LogP contribution in [0.2, 0.25) is 0 Å². The molecule has 1 heterocycles. The number of amides is 1. The van der Waals surface area contributed by atoms with E-state index in [1.54, 1.807) is 0 Å². The Kier molecular flexibility index (Phi) is 3.79. The van der Waals surface area contributed by atoms with E-state index in [1.165, 1.54) is 19.3 Å². The average molecular weight is 272 g/mol. The number of nitrogens with zero attached hydrogens (tertiary/aromatic N) is 1. The van der Waals surface area contributed by atoms with E-state index in [4.69, 9.17) is 0 Å². The van der Waals surface area contributed by atoms with E-state index in [-0.39, 0.29) is 11.4 Å². The molecule has 1 amide bonds. The molecule has 1 aliphatic carbocycles. The summed E-state index contributed by atoms with van der Waals surface area (Å²) >= 11 is 0. The van der Waals surface area contributed by atoms with Crippen molar-refractivity contribution in [3.63, 3.8) is 0 Å². The second-order valence-corrected chi connectivity index (χ2v) is 6.29. The highest BCUT2D eigenvalue weighted by Crippen LogP contribution is 2.35. The number of rotatable bonds is 1. The van der Waals surface area contributed by atoms with E-state index in [0.717, 1.165) is 43.6 Å². The van der Waals surface area contributed by atoms with Crippen LogP contribution in [-0.4, -0.2) is 36.0 Å². The van der Waals surface area contributed by atoms with Crippen LogP contribution in [0, 0.1) is 6.92 Å². The topological polar surface area (TPSA) is 32.3 Å². The lowest BCUT2D eigenvalue weighted by molar-refractivity contribution is 0.0222. The highest BCUT2D eigenvalue weighted by atomic mass is 16.2. The summed E-state index contributed by atoms with van der Waals surface area (Å²) < 4.78 is 0. The van der Waals surface area contributed by atoms with E-state index in [0.29, 0.717) is 0 Å². The van der Waals surface area contributed by atoms with Crippen molar-refractivity contribution in [2.24, 2.45) is 0 Å². The largest absolute Gasteiger partial charge is 0.330 e. The van der Waals surface area contributed by atoms with Gasteiger partial charge in [0.2, 0.25) is 0 Å². The minimum Gasteiger partial charge on any atom is -0.330 e. The molecule has 1 saturated carbocycles. The Hall–Kier alpha value is -1.35. The lowest BCUT2D eigenvalue weighted by atomic mass is 9.78. The van der Waals surface area contributed by atoms with Gasteiger partial charge >= 0.3 is 0 Å². The predicted molar refractivity (Wildman–Crippen MR) is 80.9 cm³/mol. The zero-order chi connectivity index (χ0) is 14.0. The molecule has 0 bridgehead atoms. The van der Waals surface area contributed by atoms with E-state index < -0.39 is 0 Å². The van der Waals surface area contributed by atoms with Crippen molar-refractivity contribution in [1.82, 2.24) is 10.2 Å². The molecule has 108 valence electrons. The molecule has 0 atom stereocenters. The molecule has 1 aromatic carbocycles. The minimum absolute atomic E-state index is 0.0668. The third-order valence-electron chi connectivity index (χ3n) is 4.83. The maximum Gasteiger partial charge on any atom is 0.254 e. The van der Waals surface area contributed by atoms with Crippen LogP contribution >= 0.6 is 0 Å². The second kappa shape index (κ2) is 5.57. The van der Waals surface area contributed by atoms with Crippen molar-refractivity contribution in [1.29, 1.82) is 0 Å². The Labute approximate surface area is 121 Å². The number of carbonyl (C=O) groups is 1. The summed E-state index contributed by atoms with van der Waals surface area (Å²) in [4.78, 5) is 15.1. The highest BCUT2D eigenvalue weighted by molar-refractivity contribution is 5.95. The SMILES string of the molecule is Cc1cccc(C(=O)N2CCNCC23CCCCC3)c1. The van der Waals surface area contributed by atoms with Crippen molar-refractivity contribution >= 4 is 5.91 Å². The molecule has 0 radical (unpaired) electrons. The zero-order valence-electron chi connectivity index (χ0n) is 12.3. The molecule has 2 aliphatic rings. The number of nitrogens with one attached hydrogen (secondary N) is 1. The second-order valence-electron chi connectivity index (χ2n) is 6.29. The molecule has 0 aromatic heterocycles. The Bertz CT molecular complexity index is 483. The first kappa shape index (κ1) is 13.6. The molecule has 1 N–H and O–H groups in total. The molecular formula is C17H24N2O. The van der Waals surface area contributed by atoms with Gasteiger partial charge in [0, 0.05) is 25.2 Å². The molecule has 3 nitrogen and oxygen atoms in total. The number of aryl methyl sites for hydroxylation is 1. The maximum absolute atomic E-state index is 12.9. The molecule has 0 unspecified atom stereocenters. The Morgan fingerprint density at radius 2 is 2.05 bits per heavy atom. The van der Waals surface area contributed by atoms with Gasteiger partial charge in [-0.25, -0.2) is 0 Å². The molecule has 1 spiro atoms. The molecule has 1 aromatic rings. The van der Waals surface area contributed by atoms with Crippen LogP contribution in [0.1, 0.15) is 48.0 Å². The smallest absolute Gasteiger partial charge is 0.254 e. The van der Waals surface area contributed by atoms with Gasteiger partial charge in [-0.05, 0) is 31.9 Å². The lowest BCUT2D eigenvalue weighted by Gasteiger charge is -2.49. The van der Waals surface area contributed by atoms with E-state index in [2.05, 4.69) is 10.2 Å². The van der Waals surface area contributed by atoms with Gasteiger partial charge in [-0.3, -0.25) is 4.79 Å². The van der Waals surface area contributed by atoms with Gasteiger partial charge in [0.25, 0.3) is 5.91 Å². The Morgan fingerprint density at radius 1 is 1.25 bits per heavy atom. The van der Waals surface area contributed by atoms with Gasteiger partial charge in [-0.15, -0.1) is 0 Å². The number of benzene rings is 1. The summed E-state index contributed by atoms with van der Waals surface area (Å²) in [7, 11) is 0. The van der Waals surface area contributed by atoms with Gasteiger partial charge in [0.15, 0.2) is 0 Å². The van der Waals surface area contributed by atoms with Crippen LogP contribution < -0.4 is 5.32 Å². The molecule has 1 aliphatic heterocycles. The van der Waals surface area contributed by atoms with Crippen molar-refractivity contribution in [2.45, 2.75) is 44.6 Å². The normalized spacial score (nSPS) is 21.9. The Morgan fingerprint density at radius 3 is 2.80 bits per heavy atom. The Balaban J connectivity index is 1.87. The fourth-order valence-electron chi connectivity index (χ4n) is 3.75. The maximum atomic E-state index is 12.9. The highest BCUT2D eigenvalue weighted by Gasteiger charge is 2.42. The molecule has 2 fully saturated rings. The van der Waals surface area contributed by atoms with E-state index in [1.807, 2.05) is 31.2 Å². The molecule has 1 saturated heterocycles. The summed E-state index contributed by atoms with van der Waals surface area (Å²) in [6.07, 6.45) is 6.11. The van der Waals surface area contributed by atoms with E-state index >= 15 is 0 Å². The van der Waals surface area contributed by atoms with Crippen LogP contribution in [0.25, 0.3) is 0 Å². The van der Waals surface area contributed by atoms with Gasteiger partial charge in [-0.2, -0.15) is 0 Å². The monoisotopic (exact) mass is 272 g/mol. The molecule has 3 rings (SSSR count). The first-order valence-corrected chi connectivity index (χ1v) is 7.81. The van der Waals surface area contributed by atoms with Crippen molar-refractivity contribution in [3.05, 3.63) is 35.4 Å². The summed E-state index contributed by atoms with van der Waals surface area (Å²) in [5.74, 6) is 0.220. The standard InChI is InChI=1S/C17H24N2O/c1-14-6-5-7-15(12-14)16(20)19-11-10-18-13-17(19)8-3-2-4-9-17/h5-7,12,18H,2-4,8-11,13H2,1H3. The summed E-state index contributed by atoms with van der Waals surface area (Å²) in [5.41, 5.74) is 2.07. The predicted octanol–water partition coefficient (Wildman–Crippen LogP) is 2.74. The molecule has 3 heteroatoms. The van der Waals surface area contributed by atoms with Crippen LogP contribution in [0.4, 0.5) is 0 Å². The zero-order valence-corrected chi connectivity index (χ0v) is 12.3. The van der Waals surface area contributed by atoms with Crippen molar-refractivity contribution < 1.29 is 4.79 Å². The third-order valence-corrected chi connectivity index (χ3v) is 4.83. The van der Waals surface area contributed by atoms with Crippen molar-refractivity contribution in [3.8, 4) is 0 Å². The summed E-state index contributed by atoms with van der Waals surface area (Å²) in [6.45, 7) is 4.77. The van der Waals surface area contributed by atoms with Crippen molar-refractivity contribution in [2.75, 3.05) is 19.6 Å². The fraction of sp³-hybridized carbons (Fsp3) is 0.588. The van der Waals surface area contributed by atoms with Crippen LogP contribution in [-0.2, 0) is 0 Å². The fourth-order valence-corrected chi connectivity index (χ4v) is 3.75. The lowest BCUT2D eigenvalue weighted by Crippen LogP contribution is -2.63. The van der Waals surface area contributed by atoms with Crippen LogP contribution in [0.5, 0.6) is 0 Å². The van der Waals surface area contributed by atoms with Gasteiger partial charge in [0.1, 0.15) is 0 Å². The third kappa shape index (κ3) is 2.47. The number of carbonyl (C=O) groups excluding carboxylic acids is 1. The number of hydrogen-bond donors (Lipinski definition) is 1. The quantitative estimate of drug-likeness (QED) is 0.852. The first-order valence-electron chi connectivity index (χ1n) is 7.81. The first-order chi connectivity index (χ1) is 9.71. The summed E-state index contributed by atoms with van der Waals surface area (Å²) in [5, 5.41) is 3.50. The van der Waals surface area contributed by atoms with Gasteiger partial charge in [0.05, 0.1) is 5.54 Å². The summed E-state index contributed by atoms with van der Waals surface area (Å²) in [6, 6.07) is 8.00. The van der Waals surface area contributed by atoms with E-state index in [9.17, 15) is 4.79 Å². The number of hydrogen-bond acceptors (Lipinski definition) is 2. The number of piperazine rings is 1. The molecular weight excluding hydrogens is 248 g/mol. The van der Waals surface area contributed by atoms with Crippen LogP contribution in [0.3, 0.4) is 0 Å². The molecule has 20 heavy (non-hydrogen) atoms.